The van der Waals surface area contributed by atoms with E-state index in [1.54, 1.807) is 0 Å². The molecule has 1 aliphatic carbocycles. The molecule has 3 aromatic carbocycles. The van der Waals surface area contributed by atoms with Crippen molar-refractivity contribution in [2.45, 2.75) is 25.3 Å². The Morgan fingerprint density at radius 3 is 2.40 bits per heavy atom. The predicted molar refractivity (Wildman–Crippen MR) is 162 cm³/mol. The minimum Gasteiger partial charge on any atom is -0.457 e. The van der Waals surface area contributed by atoms with E-state index in [4.69, 9.17) is 21.0 Å². The summed E-state index contributed by atoms with van der Waals surface area (Å²) in [7, 11) is 0. The highest BCUT2D eigenvalue weighted by Gasteiger charge is 2.32. The molecule has 0 bridgehead atoms. The molecule has 196 valence electrons. The first-order valence-corrected chi connectivity index (χ1v) is 14.5. The molecule has 6 heteroatoms. The van der Waals surface area contributed by atoms with Gasteiger partial charge in [0.15, 0.2) is 4.80 Å². The van der Waals surface area contributed by atoms with Crippen LogP contribution in [0.25, 0.3) is 23.5 Å². The van der Waals surface area contributed by atoms with Gasteiger partial charge >= 0.3 is 0 Å². The van der Waals surface area contributed by atoms with Gasteiger partial charge in [0.1, 0.15) is 11.5 Å². The first-order valence-electron chi connectivity index (χ1n) is 13.4. The number of allylic oxidation sites excluding steroid dienone is 2. The molecule has 0 unspecified atom stereocenters. The molecule has 0 fully saturated rings. The molecule has 40 heavy (non-hydrogen) atoms. The molecule has 0 saturated heterocycles. The van der Waals surface area contributed by atoms with E-state index in [2.05, 4.69) is 42.5 Å². The largest absolute Gasteiger partial charge is 0.457 e. The van der Waals surface area contributed by atoms with Crippen molar-refractivity contribution in [3.8, 4) is 11.3 Å². The number of furan rings is 1. The number of hydrogen-bond donors (Lipinski definition) is 0. The van der Waals surface area contributed by atoms with Crippen LogP contribution in [0.15, 0.2) is 128 Å². The fourth-order valence-corrected chi connectivity index (χ4v) is 6.68. The molecular weight excluding hydrogens is 536 g/mol. The normalized spacial score (nSPS) is 18.0. The highest BCUT2D eigenvalue weighted by Crippen LogP contribution is 2.41. The van der Waals surface area contributed by atoms with Crippen LogP contribution in [0.2, 0.25) is 5.02 Å². The van der Waals surface area contributed by atoms with Crippen LogP contribution in [-0.2, 0) is 0 Å². The van der Waals surface area contributed by atoms with Crippen LogP contribution < -0.4 is 14.9 Å². The van der Waals surface area contributed by atoms with E-state index in [1.807, 2.05) is 71.3 Å². The smallest absolute Gasteiger partial charge is 0.271 e. The van der Waals surface area contributed by atoms with Gasteiger partial charge in [-0.15, -0.1) is 0 Å². The summed E-state index contributed by atoms with van der Waals surface area (Å²) < 4.78 is 8.58. The van der Waals surface area contributed by atoms with Crippen molar-refractivity contribution in [1.82, 2.24) is 4.57 Å². The number of thiazole rings is 1. The summed E-state index contributed by atoms with van der Waals surface area (Å²) in [6.07, 6.45) is 6.98. The first kappa shape index (κ1) is 24.8. The van der Waals surface area contributed by atoms with E-state index < -0.39 is 0 Å². The molecule has 4 nitrogen and oxygen atoms in total. The summed E-state index contributed by atoms with van der Waals surface area (Å²) in [6, 6.07) is 31.8. The number of halogens is 1. The van der Waals surface area contributed by atoms with Crippen LogP contribution in [0.3, 0.4) is 0 Å². The van der Waals surface area contributed by atoms with E-state index in [0.717, 1.165) is 47.4 Å². The highest BCUT2D eigenvalue weighted by atomic mass is 35.5. The second kappa shape index (κ2) is 10.4. The number of fused-ring (bicyclic) bond motifs is 1. The number of rotatable bonds is 4. The molecule has 0 radical (unpaired) electrons. The van der Waals surface area contributed by atoms with E-state index in [-0.39, 0.29) is 11.6 Å². The van der Waals surface area contributed by atoms with Gasteiger partial charge in [-0.25, -0.2) is 4.99 Å². The van der Waals surface area contributed by atoms with Gasteiger partial charge in [0.05, 0.1) is 16.3 Å². The minimum absolute atomic E-state index is 0.0484. The molecule has 0 N–H and O–H groups in total. The van der Waals surface area contributed by atoms with Crippen molar-refractivity contribution in [2.75, 3.05) is 0 Å². The Hall–Kier alpha value is -4.19. The van der Waals surface area contributed by atoms with Crippen molar-refractivity contribution in [2.24, 2.45) is 4.99 Å². The fraction of sp³-hybridized carbons (Fsp3) is 0.118. The quantitative estimate of drug-likeness (QED) is 0.230. The molecule has 7 rings (SSSR count). The van der Waals surface area contributed by atoms with Crippen LogP contribution in [0, 0.1) is 0 Å². The number of nitrogens with zero attached hydrogens (tertiary/aromatic N) is 2. The standard InChI is InChI=1S/C34H25ClN2O2S/c35-26-16-14-23(15-17-26)29-19-18-27(39-29)21-30-33(38)37-32(24-10-5-2-6-11-24)28-13-7-12-25(31(28)36-34(37)40-30)20-22-8-3-1-4-9-22/h1-6,8-11,14-21,32H,7,12-13H2/b25-20-,30-21?/t32-/m1/s1. The van der Waals surface area contributed by atoms with Gasteiger partial charge in [-0.2, -0.15) is 0 Å². The third kappa shape index (κ3) is 4.61. The molecule has 5 aromatic rings. The molecule has 1 atom stereocenters. The fourth-order valence-electron chi connectivity index (χ4n) is 5.57. The molecular formula is C34H25ClN2O2S. The zero-order valence-electron chi connectivity index (χ0n) is 21.6. The second-order valence-corrected chi connectivity index (χ2v) is 11.5. The van der Waals surface area contributed by atoms with Gasteiger partial charge in [0.2, 0.25) is 0 Å². The second-order valence-electron chi connectivity index (χ2n) is 10.0. The predicted octanol–water partition coefficient (Wildman–Crippen LogP) is 7.40. The number of aromatic nitrogens is 1. The third-order valence-electron chi connectivity index (χ3n) is 7.42. The van der Waals surface area contributed by atoms with E-state index in [0.29, 0.717) is 20.1 Å². The van der Waals surface area contributed by atoms with E-state index >= 15 is 0 Å². The lowest BCUT2D eigenvalue weighted by molar-refractivity contribution is 0.553. The Balaban J connectivity index is 1.37. The summed E-state index contributed by atoms with van der Waals surface area (Å²) in [5, 5.41) is 0.675. The Morgan fingerprint density at radius 1 is 0.875 bits per heavy atom. The molecule has 3 heterocycles. The SMILES string of the molecule is O=c1c(=Cc2ccc(-c3ccc(Cl)cc3)o2)sc2n1[C@H](c1ccccc1)C1=C(N=2)/C(=C\c2ccccc2)CCC1. The average molecular weight is 561 g/mol. The maximum absolute atomic E-state index is 14.0. The monoisotopic (exact) mass is 560 g/mol. The summed E-state index contributed by atoms with van der Waals surface area (Å²) in [5.74, 6) is 1.35. The van der Waals surface area contributed by atoms with Crippen LogP contribution in [0.5, 0.6) is 0 Å². The van der Waals surface area contributed by atoms with Crippen molar-refractivity contribution in [1.29, 1.82) is 0 Å². The Morgan fingerprint density at radius 2 is 1.62 bits per heavy atom. The topological polar surface area (TPSA) is 47.5 Å². The van der Waals surface area contributed by atoms with Crippen molar-refractivity contribution < 1.29 is 4.42 Å². The average Bonchev–Trinajstić information content (AvgIpc) is 3.58. The Labute approximate surface area is 240 Å². The molecule has 0 spiro atoms. The maximum Gasteiger partial charge on any atom is 0.271 e. The van der Waals surface area contributed by atoms with Gasteiger partial charge in [0, 0.05) is 16.7 Å². The Kier molecular flexibility index (Phi) is 6.46. The van der Waals surface area contributed by atoms with Gasteiger partial charge in [0.25, 0.3) is 5.56 Å². The number of hydrogen-bond acceptors (Lipinski definition) is 4. The molecule has 0 saturated carbocycles. The molecule has 0 amide bonds. The highest BCUT2D eigenvalue weighted by molar-refractivity contribution is 7.07. The van der Waals surface area contributed by atoms with Crippen LogP contribution >= 0.6 is 22.9 Å². The zero-order valence-corrected chi connectivity index (χ0v) is 23.2. The van der Waals surface area contributed by atoms with Crippen LogP contribution in [0.4, 0.5) is 0 Å². The summed E-state index contributed by atoms with van der Waals surface area (Å²) in [4.78, 5) is 19.8. The summed E-state index contributed by atoms with van der Waals surface area (Å²) in [5.41, 5.74) is 6.61. The van der Waals surface area contributed by atoms with E-state index in [1.165, 1.54) is 22.5 Å². The summed E-state index contributed by atoms with van der Waals surface area (Å²) in [6.45, 7) is 0. The lowest BCUT2D eigenvalue weighted by Gasteiger charge is -2.31. The van der Waals surface area contributed by atoms with Crippen molar-refractivity contribution in [3.05, 3.63) is 156 Å². The number of benzene rings is 3. The lowest BCUT2D eigenvalue weighted by atomic mass is 9.84. The van der Waals surface area contributed by atoms with Crippen LogP contribution in [-0.4, -0.2) is 4.57 Å². The van der Waals surface area contributed by atoms with Gasteiger partial charge < -0.3 is 4.42 Å². The van der Waals surface area contributed by atoms with Crippen molar-refractivity contribution >= 4 is 35.1 Å². The van der Waals surface area contributed by atoms with Crippen LogP contribution in [0.1, 0.15) is 42.2 Å². The zero-order chi connectivity index (χ0) is 27.1. The Bertz CT molecular complexity index is 1950. The minimum atomic E-state index is -0.185. The summed E-state index contributed by atoms with van der Waals surface area (Å²) >= 11 is 7.46. The molecule has 2 aliphatic rings. The van der Waals surface area contributed by atoms with Gasteiger partial charge in [-0.1, -0.05) is 83.6 Å². The third-order valence-corrected chi connectivity index (χ3v) is 8.65. The van der Waals surface area contributed by atoms with Gasteiger partial charge in [-0.3, -0.25) is 9.36 Å². The van der Waals surface area contributed by atoms with Gasteiger partial charge in [-0.05, 0) is 84.0 Å². The van der Waals surface area contributed by atoms with E-state index in [9.17, 15) is 4.79 Å². The van der Waals surface area contributed by atoms with Crippen molar-refractivity contribution in [3.63, 3.8) is 0 Å². The first-order chi connectivity index (χ1) is 19.6. The molecule has 1 aliphatic heterocycles. The maximum atomic E-state index is 14.0. The lowest BCUT2D eigenvalue weighted by Crippen LogP contribution is -2.39. The molecule has 2 aromatic heterocycles.